The number of aromatic nitrogens is 4. The maximum Gasteiger partial charge on any atom is 0.227 e. The minimum Gasteiger partial charge on any atom is -0.390 e. The van der Waals surface area contributed by atoms with Gasteiger partial charge in [-0.05, 0) is 84.5 Å². The highest BCUT2D eigenvalue weighted by Crippen LogP contribution is 2.40. The first kappa shape index (κ1) is 50.8. The van der Waals surface area contributed by atoms with Crippen molar-refractivity contribution >= 4 is 46.3 Å². The Balaban J connectivity index is 0.827. The summed E-state index contributed by atoms with van der Waals surface area (Å²) in [5.74, 6) is 1.33. The summed E-state index contributed by atoms with van der Waals surface area (Å²) >= 11 is 0. The van der Waals surface area contributed by atoms with E-state index in [1.54, 1.807) is 6.33 Å². The molecule has 5 aromatic rings. The van der Waals surface area contributed by atoms with E-state index in [2.05, 4.69) is 53.4 Å². The molecule has 5 heterocycles. The lowest BCUT2D eigenvalue weighted by Gasteiger charge is -2.21. The van der Waals surface area contributed by atoms with E-state index in [1.807, 2.05) is 64.6 Å². The number of aliphatic hydroxyl groups excluding tert-OH is 2. The van der Waals surface area contributed by atoms with E-state index < -0.39 is 18.2 Å². The largest absolute Gasteiger partial charge is 0.390 e. The summed E-state index contributed by atoms with van der Waals surface area (Å²) in [6, 6.07) is 28.2. The van der Waals surface area contributed by atoms with Crippen molar-refractivity contribution < 1.29 is 34.2 Å². The number of carbonyl (C=O) groups excluding carboxylic acids is 5. The van der Waals surface area contributed by atoms with E-state index in [9.17, 15) is 34.2 Å². The number of fused-ring (bicyclic) bond motifs is 1. The van der Waals surface area contributed by atoms with E-state index >= 15 is 0 Å². The Labute approximate surface area is 423 Å². The topological polar surface area (TPSA) is 179 Å². The number of aliphatic hydroxyl groups is 2. The maximum absolute atomic E-state index is 13.7. The highest BCUT2D eigenvalue weighted by molar-refractivity contribution is 5.82. The third kappa shape index (κ3) is 12.0. The number of hydrogen-bond donors (Lipinski definition) is 2. The average Bonchev–Trinajstić information content (AvgIpc) is 4.26. The van der Waals surface area contributed by atoms with Crippen LogP contribution in [-0.4, -0.2) is 120 Å². The third-order valence-electron chi connectivity index (χ3n) is 16.1. The van der Waals surface area contributed by atoms with Crippen LogP contribution in [0.4, 0.5) is 5.95 Å². The van der Waals surface area contributed by atoms with Gasteiger partial charge in [0, 0.05) is 83.7 Å². The Morgan fingerprint density at radius 2 is 1.19 bits per heavy atom. The summed E-state index contributed by atoms with van der Waals surface area (Å²) in [7, 11) is 0. The lowest BCUT2D eigenvalue weighted by atomic mass is 9.87. The van der Waals surface area contributed by atoms with Crippen LogP contribution in [-0.2, 0) is 43.2 Å². The lowest BCUT2D eigenvalue weighted by Crippen LogP contribution is -2.31. The number of likely N-dealkylation sites (tertiary alicyclic amines) is 2. The van der Waals surface area contributed by atoms with Crippen molar-refractivity contribution in [3.8, 4) is 0 Å². The van der Waals surface area contributed by atoms with Crippen LogP contribution in [0.15, 0.2) is 91.3 Å². The number of nitrogens with zero attached hydrogens (tertiary/aromatic N) is 7. The summed E-state index contributed by atoms with van der Waals surface area (Å²) in [5.41, 5.74) is 6.20. The standard InChI is InChI=1S/C58H71N7O7/c1-3-46(66)27-40-20-23-62(34-40)52(69)30-38-12-11-13-39(26-38)31-53(70)63-24-21-41(35-63)28-48(68)29-42-22-25-64(36-42)58-60-50(19-18-49(43-14-7-5-8-15-43)44-16-9-6-10-17-44)54-57(61-58)65(37-59-54)51-33-45(32-47(67)4-2)55(71)56(51)72/h5-17,26,37,40-42,45,49,51,55-56,71-72H,3-4,18-25,27-36H2,1-2H3/t40-,41-,42-,45-,51+,55+,56-/m0/s1. The van der Waals surface area contributed by atoms with Gasteiger partial charge in [0.15, 0.2) is 5.65 Å². The minimum absolute atomic E-state index is 0.0289. The number of anilines is 1. The summed E-state index contributed by atoms with van der Waals surface area (Å²) in [6.45, 7) is 7.47. The van der Waals surface area contributed by atoms with Gasteiger partial charge in [-0.3, -0.25) is 24.0 Å². The quantitative estimate of drug-likeness (QED) is 0.0756. The fraction of sp³-hybridized carbons (Fsp3) is 0.517. The second kappa shape index (κ2) is 23.2. The number of benzene rings is 3. The van der Waals surface area contributed by atoms with Crippen LogP contribution in [0.5, 0.6) is 0 Å². The molecular weight excluding hydrogens is 907 g/mol. The Hall–Kier alpha value is -6.12. The van der Waals surface area contributed by atoms with Crippen molar-refractivity contribution in [1.29, 1.82) is 0 Å². The molecule has 1 saturated carbocycles. The predicted molar refractivity (Wildman–Crippen MR) is 275 cm³/mol. The molecule has 3 aromatic carbocycles. The number of amides is 2. The van der Waals surface area contributed by atoms with Crippen molar-refractivity contribution in [3.63, 3.8) is 0 Å². The average molecular weight is 978 g/mol. The molecule has 3 aliphatic heterocycles. The van der Waals surface area contributed by atoms with Crippen LogP contribution in [0, 0.1) is 23.7 Å². The molecule has 0 spiro atoms. The maximum atomic E-state index is 13.7. The van der Waals surface area contributed by atoms with Crippen LogP contribution < -0.4 is 4.90 Å². The van der Waals surface area contributed by atoms with Crippen LogP contribution >= 0.6 is 0 Å². The highest BCUT2D eigenvalue weighted by Gasteiger charge is 2.44. The zero-order chi connectivity index (χ0) is 50.3. The fourth-order valence-corrected chi connectivity index (χ4v) is 12.0. The molecule has 72 heavy (non-hydrogen) atoms. The van der Waals surface area contributed by atoms with Crippen molar-refractivity contribution in [2.45, 2.75) is 128 Å². The van der Waals surface area contributed by atoms with Gasteiger partial charge in [0.1, 0.15) is 29.0 Å². The predicted octanol–water partition coefficient (Wildman–Crippen LogP) is 7.27. The molecule has 9 rings (SSSR count). The van der Waals surface area contributed by atoms with Gasteiger partial charge in [0.05, 0.1) is 37.0 Å². The summed E-state index contributed by atoms with van der Waals surface area (Å²) in [6.07, 6.45) is 6.83. The van der Waals surface area contributed by atoms with Gasteiger partial charge < -0.3 is 29.5 Å². The molecule has 2 N–H and O–H groups in total. The van der Waals surface area contributed by atoms with E-state index in [0.717, 1.165) is 42.5 Å². The van der Waals surface area contributed by atoms with Crippen molar-refractivity contribution in [1.82, 2.24) is 29.3 Å². The Bertz CT molecular complexity index is 2670. The number of ketones is 3. The van der Waals surface area contributed by atoms with E-state index in [-0.39, 0.29) is 78.0 Å². The van der Waals surface area contributed by atoms with E-state index in [1.165, 1.54) is 11.1 Å². The monoisotopic (exact) mass is 978 g/mol. The summed E-state index contributed by atoms with van der Waals surface area (Å²) in [5, 5.41) is 22.5. The van der Waals surface area contributed by atoms with Crippen LogP contribution in [0.2, 0.25) is 0 Å². The minimum atomic E-state index is -1.09. The molecule has 380 valence electrons. The first-order chi connectivity index (χ1) is 34.9. The van der Waals surface area contributed by atoms with Gasteiger partial charge >= 0.3 is 0 Å². The Kier molecular flexibility index (Phi) is 16.4. The SMILES string of the molecule is CCC(=O)C[C@@H]1CCN(C(=O)Cc2cccc(CC(=O)N3CC[C@@H](CC(=O)C[C@@H]4CCN(c5nc(CCC(c6ccccc6)c6ccccc6)c6ncn([C@@H]7C[C@H](CC(=O)CC)[C@@H](O)[C@H]7O)c6n5)C4)C3)c2)C1. The van der Waals surface area contributed by atoms with Crippen molar-refractivity contribution in [2.75, 3.05) is 44.2 Å². The lowest BCUT2D eigenvalue weighted by molar-refractivity contribution is -0.130. The zero-order valence-corrected chi connectivity index (χ0v) is 42.0. The van der Waals surface area contributed by atoms with Gasteiger partial charge in [0.2, 0.25) is 17.8 Å². The second-order valence-electron chi connectivity index (χ2n) is 21.2. The van der Waals surface area contributed by atoms with Crippen molar-refractivity contribution in [3.05, 3.63) is 119 Å². The third-order valence-corrected chi connectivity index (χ3v) is 16.1. The van der Waals surface area contributed by atoms with Gasteiger partial charge in [-0.1, -0.05) is 98.8 Å². The second-order valence-corrected chi connectivity index (χ2v) is 21.2. The molecule has 4 aliphatic rings. The zero-order valence-electron chi connectivity index (χ0n) is 42.0. The smallest absolute Gasteiger partial charge is 0.227 e. The summed E-state index contributed by atoms with van der Waals surface area (Å²) < 4.78 is 1.87. The first-order valence-electron chi connectivity index (χ1n) is 26.6. The molecule has 7 atom stereocenters. The highest BCUT2D eigenvalue weighted by atomic mass is 16.3. The fourth-order valence-electron chi connectivity index (χ4n) is 12.0. The Morgan fingerprint density at radius 1 is 0.639 bits per heavy atom. The normalized spacial score (nSPS) is 23.2. The Morgan fingerprint density at radius 3 is 1.79 bits per heavy atom. The number of hydrogen-bond acceptors (Lipinski definition) is 11. The van der Waals surface area contributed by atoms with Crippen LogP contribution in [0.3, 0.4) is 0 Å². The molecule has 4 fully saturated rings. The van der Waals surface area contributed by atoms with Gasteiger partial charge in [-0.15, -0.1) is 0 Å². The molecule has 3 saturated heterocycles. The number of aryl methyl sites for hydroxylation is 1. The number of rotatable bonds is 21. The molecule has 1 aliphatic carbocycles. The molecular formula is C58H71N7O7. The van der Waals surface area contributed by atoms with Crippen molar-refractivity contribution in [2.24, 2.45) is 23.7 Å². The van der Waals surface area contributed by atoms with E-state index in [4.69, 9.17) is 15.0 Å². The first-order valence-corrected chi connectivity index (χ1v) is 26.6. The molecule has 14 heteroatoms. The van der Waals surface area contributed by atoms with Gasteiger partial charge in [-0.2, -0.15) is 4.98 Å². The summed E-state index contributed by atoms with van der Waals surface area (Å²) in [4.78, 5) is 86.0. The van der Waals surface area contributed by atoms with Gasteiger partial charge in [0.25, 0.3) is 0 Å². The number of imidazole rings is 1. The van der Waals surface area contributed by atoms with E-state index in [0.29, 0.717) is 101 Å². The molecule has 14 nitrogen and oxygen atoms in total. The molecule has 2 amide bonds. The number of Topliss-reactive ketones (excluding diaryl/α,β-unsaturated/α-hetero) is 3. The molecule has 0 unspecified atom stereocenters. The van der Waals surface area contributed by atoms with Crippen LogP contribution in [0.1, 0.15) is 124 Å². The van der Waals surface area contributed by atoms with Crippen LogP contribution in [0.25, 0.3) is 11.2 Å². The molecule has 0 radical (unpaired) electrons. The molecule has 2 aromatic heterocycles. The molecule has 0 bridgehead atoms. The van der Waals surface area contributed by atoms with Gasteiger partial charge in [-0.25, -0.2) is 9.97 Å². The number of carbonyl (C=O) groups is 5.